The molecular formula is C13H20N2O3S. The topological polar surface area (TPSA) is 66.6 Å². The lowest BCUT2D eigenvalue weighted by molar-refractivity contribution is -0.383. The number of hydrogen-bond donors (Lipinski definition) is 1. The number of nitrogens with zero attached hydrogens (tertiary/aromatic N) is 2. The molecule has 2 rings (SSSR count). The summed E-state index contributed by atoms with van der Waals surface area (Å²) in [7, 11) is 0. The van der Waals surface area contributed by atoms with E-state index in [4.69, 9.17) is 0 Å². The van der Waals surface area contributed by atoms with Crippen LogP contribution in [0.5, 0.6) is 0 Å². The van der Waals surface area contributed by atoms with Crippen molar-refractivity contribution in [3.8, 4) is 0 Å². The normalized spacial score (nSPS) is 25.4. The molecule has 0 aliphatic carbocycles. The Hall–Kier alpha value is -1.14. The summed E-state index contributed by atoms with van der Waals surface area (Å²) < 4.78 is 0. The molecule has 19 heavy (non-hydrogen) atoms. The van der Waals surface area contributed by atoms with Gasteiger partial charge in [-0.25, -0.2) is 0 Å². The summed E-state index contributed by atoms with van der Waals surface area (Å²) in [4.78, 5) is 13.6. The standard InChI is InChI=1S/C13H20N2O3S/c1-8-5-4-6-14(9(8)2)13-11(15(17)18)7-12(19-13)10(3)16/h7-10,16H,4-6H2,1-3H3. The first-order valence-corrected chi connectivity index (χ1v) is 7.46. The molecule has 1 aliphatic heterocycles. The molecule has 1 saturated heterocycles. The minimum absolute atomic E-state index is 0.127. The monoisotopic (exact) mass is 284 g/mol. The summed E-state index contributed by atoms with van der Waals surface area (Å²) in [5.74, 6) is 0.533. The maximum Gasteiger partial charge on any atom is 0.304 e. The Morgan fingerprint density at radius 2 is 2.26 bits per heavy atom. The lowest BCUT2D eigenvalue weighted by atomic mass is 9.92. The zero-order valence-electron chi connectivity index (χ0n) is 11.5. The van der Waals surface area contributed by atoms with Crippen molar-refractivity contribution in [3.05, 3.63) is 21.1 Å². The van der Waals surface area contributed by atoms with Gasteiger partial charge in [0.25, 0.3) is 0 Å². The van der Waals surface area contributed by atoms with Crippen LogP contribution < -0.4 is 4.90 Å². The predicted molar refractivity (Wildman–Crippen MR) is 76.8 cm³/mol. The fraction of sp³-hybridized carbons (Fsp3) is 0.692. The summed E-state index contributed by atoms with van der Waals surface area (Å²) in [6.07, 6.45) is 1.57. The molecule has 1 aromatic heterocycles. The Balaban J connectivity index is 2.39. The molecule has 5 nitrogen and oxygen atoms in total. The van der Waals surface area contributed by atoms with Gasteiger partial charge in [-0.1, -0.05) is 6.92 Å². The van der Waals surface area contributed by atoms with E-state index >= 15 is 0 Å². The molecule has 0 saturated carbocycles. The second-order valence-electron chi connectivity index (χ2n) is 5.33. The van der Waals surface area contributed by atoms with Crippen LogP contribution >= 0.6 is 11.3 Å². The van der Waals surface area contributed by atoms with Crippen LogP contribution in [0.2, 0.25) is 0 Å². The third-order valence-corrected chi connectivity index (χ3v) is 5.29. The first kappa shape index (κ1) is 14.3. The SMILES string of the molecule is CC(O)c1cc([N+](=O)[O-])c(N2CCCC(C)C2C)s1. The van der Waals surface area contributed by atoms with Crippen LogP contribution in [0.25, 0.3) is 0 Å². The smallest absolute Gasteiger partial charge is 0.304 e. The highest BCUT2D eigenvalue weighted by Crippen LogP contribution is 2.43. The van der Waals surface area contributed by atoms with E-state index in [1.165, 1.54) is 23.8 Å². The molecule has 1 fully saturated rings. The van der Waals surface area contributed by atoms with Crippen LogP contribution in [0.15, 0.2) is 6.07 Å². The molecule has 1 aliphatic rings. The predicted octanol–water partition coefficient (Wildman–Crippen LogP) is 3.33. The fourth-order valence-corrected chi connectivity index (χ4v) is 3.73. The van der Waals surface area contributed by atoms with Crippen molar-refractivity contribution in [2.24, 2.45) is 5.92 Å². The lowest BCUT2D eigenvalue weighted by Crippen LogP contribution is -2.42. The van der Waals surface area contributed by atoms with E-state index in [1.807, 2.05) is 0 Å². The van der Waals surface area contributed by atoms with E-state index in [0.29, 0.717) is 21.8 Å². The average Bonchev–Trinajstić information content (AvgIpc) is 2.77. The van der Waals surface area contributed by atoms with Gasteiger partial charge < -0.3 is 10.0 Å². The molecule has 0 radical (unpaired) electrons. The maximum absolute atomic E-state index is 11.2. The molecule has 1 aromatic rings. The van der Waals surface area contributed by atoms with Crippen LogP contribution in [-0.2, 0) is 0 Å². The van der Waals surface area contributed by atoms with Crippen molar-refractivity contribution in [2.75, 3.05) is 11.4 Å². The van der Waals surface area contributed by atoms with Gasteiger partial charge in [0.1, 0.15) is 0 Å². The van der Waals surface area contributed by atoms with Crippen LogP contribution in [0.1, 0.15) is 44.6 Å². The molecule has 3 atom stereocenters. The first-order chi connectivity index (χ1) is 8.91. The molecule has 0 spiro atoms. The van der Waals surface area contributed by atoms with Gasteiger partial charge >= 0.3 is 5.69 Å². The van der Waals surface area contributed by atoms with E-state index < -0.39 is 6.10 Å². The van der Waals surface area contributed by atoms with Crippen LogP contribution in [0, 0.1) is 16.0 Å². The number of anilines is 1. The van der Waals surface area contributed by atoms with Crippen molar-refractivity contribution in [3.63, 3.8) is 0 Å². The third-order valence-electron chi connectivity index (χ3n) is 3.96. The number of aliphatic hydroxyl groups excluding tert-OH is 1. The van der Waals surface area contributed by atoms with Crippen molar-refractivity contribution in [2.45, 2.75) is 45.8 Å². The zero-order chi connectivity index (χ0) is 14.2. The van der Waals surface area contributed by atoms with E-state index in [1.54, 1.807) is 6.92 Å². The minimum Gasteiger partial charge on any atom is -0.388 e. The molecule has 6 heteroatoms. The van der Waals surface area contributed by atoms with Gasteiger partial charge in [0.15, 0.2) is 5.00 Å². The highest BCUT2D eigenvalue weighted by molar-refractivity contribution is 7.16. The number of piperidine rings is 1. The molecule has 106 valence electrons. The molecule has 0 amide bonds. The minimum atomic E-state index is -0.657. The summed E-state index contributed by atoms with van der Waals surface area (Å²) in [5.41, 5.74) is 0.127. The van der Waals surface area contributed by atoms with Gasteiger partial charge in [0.2, 0.25) is 0 Å². The molecule has 0 aromatic carbocycles. The number of aliphatic hydroxyl groups is 1. The largest absolute Gasteiger partial charge is 0.388 e. The van der Waals surface area contributed by atoms with Gasteiger partial charge in [-0.3, -0.25) is 10.1 Å². The average molecular weight is 284 g/mol. The number of thiophene rings is 1. The highest BCUT2D eigenvalue weighted by Gasteiger charge is 2.32. The highest BCUT2D eigenvalue weighted by atomic mass is 32.1. The van der Waals surface area contributed by atoms with Gasteiger partial charge in [-0.15, -0.1) is 11.3 Å². The first-order valence-electron chi connectivity index (χ1n) is 6.64. The van der Waals surface area contributed by atoms with Crippen molar-refractivity contribution < 1.29 is 10.0 Å². The lowest BCUT2D eigenvalue weighted by Gasteiger charge is -2.38. The Bertz CT molecular complexity index is 472. The van der Waals surface area contributed by atoms with Crippen LogP contribution in [-0.4, -0.2) is 22.6 Å². The number of hydrogen-bond acceptors (Lipinski definition) is 5. The zero-order valence-corrected chi connectivity index (χ0v) is 12.3. The summed E-state index contributed by atoms with van der Waals surface area (Å²) in [6.45, 7) is 6.80. The summed E-state index contributed by atoms with van der Waals surface area (Å²) >= 11 is 1.34. The van der Waals surface area contributed by atoms with Gasteiger partial charge in [-0.05, 0) is 32.6 Å². The number of nitro groups is 1. The second-order valence-corrected chi connectivity index (χ2v) is 6.39. The van der Waals surface area contributed by atoms with Gasteiger partial charge in [0, 0.05) is 23.5 Å². The Kier molecular flexibility index (Phi) is 4.10. The van der Waals surface area contributed by atoms with Crippen molar-refractivity contribution in [1.82, 2.24) is 0 Å². The Morgan fingerprint density at radius 3 is 2.84 bits per heavy atom. The third kappa shape index (κ3) is 2.74. The van der Waals surface area contributed by atoms with Crippen molar-refractivity contribution >= 4 is 22.0 Å². The molecule has 2 heterocycles. The van der Waals surface area contributed by atoms with Crippen LogP contribution in [0.3, 0.4) is 0 Å². The summed E-state index contributed by atoms with van der Waals surface area (Å²) in [5, 5.41) is 21.5. The summed E-state index contributed by atoms with van der Waals surface area (Å²) in [6, 6.07) is 1.81. The maximum atomic E-state index is 11.2. The van der Waals surface area contributed by atoms with Gasteiger partial charge in [0.05, 0.1) is 11.0 Å². The molecule has 3 unspecified atom stereocenters. The molecule has 1 N–H and O–H groups in total. The Labute approximate surface area is 117 Å². The Morgan fingerprint density at radius 1 is 1.58 bits per heavy atom. The second kappa shape index (κ2) is 5.46. The van der Waals surface area contributed by atoms with Gasteiger partial charge in [-0.2, -0.15) is 0 Å². The number of rotatable bonds is 3. The van der Waals surface area contributed by atoms with Crippen molar-refractivity contribution in [1.29, 1.82) is 0 Å². The van der Waals surface area contributed by atoms with Crippen LogP contribution in [0.4, 0.5) is 10.7 Å². The van der Waals surface area contributed by atoms with E-state index in [-0.39, 0.29) is 10.6 Å². The van der Waals surface area contributed by atoms with E-state index in [2.05, 4.69) is 18.7 Å². The van der Waals surface area contributed by atoms with E-state index in [9.17, 15) is 15.2 Å². The van der Waals surface area contributed by atoms with E-state index in [0.717, 1.165) is 13.0 Å². The molecule has 0 bridgehead atoms. The quantitative estimate of drug-likeness (QED) is 0.683. The fourth-order valence-electron chi connectivity index (χ4n) is 2.55. The molecular weight excluding hydrogens is 264 g/mol.